The number of carbonyl (C=O) groups is 1. The Kier molecular flexibility index (Phi) is 6.42. The predicted molar refractivity (Wildman–Crippen MR) is 102 cm³/mol. The smallest absolute Gasteiger partial charge is 0.254 e. The van der Waals surface area contributed by atoms with Gasteiger partial charge in [0, 0.05) is 24.2 Å². The standard InChI is InChI=1S/C19H25N3O2S/c1-11-8-12(2)16(13(3)9-11)10-20-17(23)7-6-15-14(4)21-19(25-5)22-18(15)24/h8-9H,6-7,10H2,1-5H3,(H,20,23)(H,21,22,24). The number of aryl methyl sites for hydroxylation is 4. The number of aromatic amines is 1. The minimum atomic E-state index is -0.158. The largest absolute Gasteiger partial charge is 0.352 e. The number of thioether (sulfide) groups is 1. The Morgan fingerprint density at radius 3 is 2.36 bits per heavy atom. The van der Waals surface area contributed by atoms with E-state index in [1.54, 1.807) is 6.92 Å². The molecule has 1 amide bonds. The van der Waals surface area contributed by atoms with Crippen molar-refractivity contribution in [3.8, 4) is 0 Å². The van der Waals surface area contributed by atoms with Crippen molar-refractivity contribution in [2.24, 2.45) is 0 Å². The summed E-state index contributed by atoms with van der Waals surface area (Å²) in [5.41, 5.74) is 5.85. The van der Waals surface area contributed by atoms with Crippen molar-refractivity contribution < 1.29 is 4.79 Å². The SMILES string of the molecule is CSc1nc(C)c(CCC(=O)NCc2c(C)cc(C)cc2C)c(=O)[nH]1. The molecule has 0 aliphatic rings. The van der Waals surface area contributed by atoms with E-state index >= 15 is 0 Å². The van der Waals surface area contributed by atoms with E-state index in [0.717, 1.165) is 5.56 Å². The molecule has 2 N–H and O–H groups in total. The maximum absolute atomic E-state index is 12.2. The summed E-state index contributed by atoms with van der Waals surface area (Å²) in [6, 6.07) is 4.24. The van der Waals surface area contributed by atoms with E-state index in [1.807, 2.05) is 6.26 Å². The minimum Gasteiger partial charge on any atom is -0.352 e. The fraction of sp³-hybridized carbons (Fsp3) is 0.421. The molecule has 0 saturated heterocycles. The molecule has 5 nitrogen and oxygen atoms in total. The van der Waals surface area contributed by atoms with E-state index in [4.69, 9.17) is 0 Å². The topological polar surface area (TPSA) is 74.8 Å². The summed E-state index contributed by atoms with van der Waals surface area (Å²) >= 11 is 1.39. The Morgan fingerprint density at radius 2 is 1.80 bits per heavy atom. The monoisotopic (exact) mass is 359 g/mol. The molecule has 0 saturated carbocycles. The van der Waals surface area contributed by atoms with Crippen LogP contribution in [0, 0.1) is 27.7 Å². The number of hydrogen-bond acceptors (Lipinski definition) is 4. The lowest BCUT2D eigenvalue weighted by Crippen LogP contribution is -2.25. The molecular weight excluding hydrogens is 334 g/mol. The third kappa shape index (κ3) is 4.95. The Labute approximate surface area is 152 Å². The maximum Gasteiger partial charge on any atom is 0.254 e. The number of nitrogens with one attached hydrogen (secondary N) is 2. The van der Waals surface area contributed by atoms with Crippen LogP contribution >= 0.6 is 11.8 Å². The summed E-state index contributed by atoms with van der Waals surface area (Å²) in [5, 5.41) is 3.55. The normalized spacial score (nSPS) is 10.8. The average Bonchev–Trinajstić information content (AvgIpc) is 2.52. The first-order valence-corrected chi connectivity index (χ1v) is 9.51. The first-order chi connectivity index (χ1) is 11.8. The van der Waals surface area contributed by atoms with Crippen LogP contribution in [0.1, 0.15) is 39.9 Å². The lowest BCUT2D eigenvalue weighted by atomic mass is 10.00. The number of carbonyl (C=O) groups excluding carboxylic acids is 1. The molecule has 2 rings (SSSR count). The van der Waals surface area contributed by atoms with Crippen molar-refractivity contribution in [3.63, 3.8) is 0 Å². The van der Waals surface area contributed by atoms with Gasteiger partial charge in [-0.1, -0.05) is 29.5 Å². The van der Waals surface area contributed by atoms with Gasteiger partial charge in [0.15, 0.2) is 5.16 Å². The molecule has 1 aromatic heterocycles. The van der Waals surface area contributed by atoms with Crippen LogP contribution in [0.15, 0.2) is 22.1 Å². The third-order valence-corrected chi connectivity index (χ3v) is 4.88. The van der Waals surface area contributed by atoms with E-state index in [2.05, 4.69) is 48.2 Å². The highest BCUT2D eigenvalue weighted by Gasteiger charge is 2.11. The van der Waals surface area contributed by atoms with Gasteiger partial charge in [-0.25, -0.2) is 4.98 Å². The summed E-state index contributed by atoms with van der Waals surface area (Å²) < 4.78 is 0. The van der Waals surface area contributed by atoms with Gasteiger partial charge < -0.3 is 10.3 Å². The molecule has 0 fully saturated rings. The van der Waals surface area contributed by atoms with Crippen LogP contribution in [0.4, 0.5) is 0 Å². The quantitative estimate of drug-likeness (QED) is 0.614. The van der Waals surface area contributed by atoms with Gasteiger partial charge in [-0.3, -0.25) is 9.59 Å². The average molecular weight is 359 g/mol. The number of benzene rings is 1. The molecule has 0 bridgehead atoms. The van der Waals surface area contributed by atoms with Crippen LogP contribution in [-0.4, -0.2) is 22.1 Å². The van der Waals surface area contributed by atoms with Gasteiger partial charge in [0.05, 0.1) is 0 Å². The Bertz CT molecular complexity index is 820. The molecule has 1 heterocycles. The molecule has 0 spiro atoms. The van der Waals surface area contributed by atoms with Gasteiger partial charge in [0.2, 0.25) is 5.91 Å². The molecule has 0 aliphatic heterocycles. The number of amides is 1. The van der Waals surface area contributed by atoms with Crippen molar-refractivity contribution >= 4 is 17.7 Å². The molecule has 25 heavy (non-hydrogen) atoms. The fourth-order valence-electron chi connectivity index (χ4n) is 2.98. The lowest BCUT2D eigenvalue weighted by molar-refractivity contribution is -0.121. The van der Waals surface area contributed by atoms with Gasteiger partial charge in [0.25, 0.3) is 5.56 Å². The Hall–Kier alpha value is -2.08. The predicted octanol–water partition coefficient (Wildman–Crippen LogP) is 2.97. The van der Waals surface area contributed by atoms with Crippen LogP contribution in [-0.2, 0) is 17.8 Å². The van der Waals surface area contributed by atoms with Crippen molar-refractivity contribution in [2.75, 3.05) is 6.26 Å². The highest BCUT2D eigenvalue weighted by molar-refractivity contribution is 7.98. The van der Waals surface area contributed by atoms with Gasteiger partial charge in [-0.2, -0.15) is 0 Å². The van der Waals surface area contributed by atoms with Gasteiger partial charge >= 0.3 is 0 Å². The van der Waals surface area contributed by atoms with Gasteiger partial charge in [0.1, 0.15) is 0 Å². The van der Waals surface area contributed by atoms with E-state index < -0.39 is 0 Å². The summed E-state index contributed by atoms with van der Waals surface area (Å²) in [7, 11) is 0. The molecule has 0 unspecified atom stereocenters. The van der Waals surface area contributed by atoms with Crippen LogP contribution in [0.25, 0.3) is 0 Å². The molecular formula is C19H25N3O2S. The zero-order valence-corrected chi connectivity index (χ0v) is 16.3. The second-order valence-corrected chi connectivity index (χ2v) is 7.09. The van der Waals surface area contributed by atoms with Crippen molar-refractivity contribution in [3.05, 3.63) is 56.0 Å². The Balaban J connectivity index is 1.97. The highest BCUT2D eigenvalue weighted by atomic mass is 32.2. The number of H-pyrrole nitrogens is 1. The van der Waals surface area contributed by atoms with Crippen molar-refractivity contribution in [1.29, 1.82) is 0 Å². The van der Waals surface area contributed by atoms with E-state index in [-0.39, 0.29) is 17.9 Å². The molecule has 0 radical (unpaired) electrons. The van der Waals surface area contributed by atoms with Crippen LogP contribution < -0.4 is 10.9 Å². The van der Waals surface area contributed by atoms with Crippen LogP contribution in [0.5, 0.6) is 0 Å². The molecule has 0 atom stereocenters. The zero-order valence-electron chi connectivity index (χ0n) is 15.4. The molecule has 6 heteroatoms. The van der Waals surface area contributed by atoms with Gasteiger partial charge in [-0.15, -0.1) is 0 Å². The van der Waals surface area contributed by atoms with E-state index in [1.165, 1.54) is 28.5 Å². The van der Waals surface area contributed by atoms with Gasteiger partial charge in [-0.05, 0) is 57.1 Å². The summed E-state index contributed by atoms with van der Waals surface area (Å²) in [4.78, 5) is 31.3. The minimum absolute atomic E-state index is 0.0629. The Morgan fingerprint density at radius 1 is 1.16 bits per heavy atom. The number of aromatic nitrogens is 2. The van der Waals surface area contributed by atoms with E-state index in [0.29, 0.717) is 29.4 Å². The molecule has 0 aliphatic carbocycles. The molecule has 134 valence electrons. The summed E-state index contributed by atoms with van der Waals surface area (Å²) in [6.45, 7) is 8.50. The fourth-order valence-corrected chi connectivity index (χ4v) is 3.40. The van der Waals surface area contributed by atoms with Crippen LogP contribution in [0.2, 0.25) is 0 Å². The third-order valence-electron chi connectivity index (χ3n) is 4.30. The first-order valence-electron chi connectivity index (χ1n) is 8.29. The second kappa shape index (κ2) is 8.34. The highest BCUT2D eigenvalue weighted by Crippen LogP contribution is 2.16. The zero-order chi connectivity index (χ0) is 18.6. The number of hydrogen-bond donors (Lipinski definition) is 2. The second-order valence-electron chi connectivity index (χ2n) is 6.29. The summed E-state index contributed by atoms with van der Waals surface area (Å²) in [5.74, 6) is -0.0629. The molecule has 1 aromatic carbocycles. The first kappa shape index (κ1) is 19.2. The molecule has 2 aromatic rings. The maximum atomic E-state index is 12.2. The van der Waals surface area contributed by atoms with Crippen molar-refractivity contribution in [1.82, 2.24) is 15.3 Å². The summed E-state index contributed by atoms with van der Waals surface area (Å²) in [6.07, 6.45) is 2.52. The van der Waals surface area contributed by atoms with Crippen LogP contribution in [0.3, 0.4) is 0 Å². The van der Waals surface area contributed by atoms with E-state index in [9.17, 15) is 9.59 Å². The lowest BCUT2D eigenvalue weighted by Gasteiger charge is -2.12. The van der Waals surface area contributed by atoms with Crippen molar-refractivity contribution in [2.45, 2.75) is 52.2 Å². The number of rotatable bonds is 6. The number of nitrogens with zero attached hydrogens (tertiary/aromatic N) is 1.